The molecule has 1 saturated carbocycles. The van der Waals surface area contributed by atoms with E-state index < -0.39 is 16.8 Å². The fourth-order valence-electron chi connectivity index (χ4n) is 6.51. The molecule has 5 rings (SSSR count). The Balaban J connectivity index is 1.35. The number of anilines is 1. The quantitative estimate of drug-likeness (QED) is 0.233. The highest BCUT2D eigenvalue weighted by Gasteiger charge is 2.52. The van der Waals surface area contributed by atoms with Crippen molar-refractivity contribution in [1.82, 2.24) is 0 Å². The molecule has 0 bridgehead atoms. The number of carbonyl (C=O) groups is 1. The third-order valence-electron chi connectivity index (χ3n) is 8.72. The number of allylic oxidation sites excluding steroid dienone is 1. The van der Waals surface area contributed by atoms with Crippen LogP contribution in [0.2, 0.25) is 10.0 Å². The van der Waals surface area contributed by atoms with Crippen LogP contribution in [0.5, 0.6) is 5.75 Å². The summed E-state index contributed by atoms with van der Waals surface area (Å²) >= 11 is 12.4. The zero-order chi connectivity index (χ0) is 29.9. The lowest BCUT2D eigenvalue weighted by molar-refractivity contribution is -0.147. The van der Waals surface area contributed by atoms with Crippen LogP contribution in [0.3, 0.4) is 0 Å². The molecule has 0 heterocycles. The molecule has 3 aromatic rings. The third-order valence-corrected chi connectivity index (χ3v) is 9.25. The summed E-state index contributed by atoms with van der Waals surface area (Å²) in [6, 6.07) is 18.8. The highest BCUT2D eigenvalue weighted by atomic mass is 35.5. The number of benzene rings is 3. The van der Waals surface area contributed by atoms with Crippen molar-refractivity contribution < 1.29 is 23.4 Å². The van der Waals surface area contributed by atoms with Gasteiger partial charge in [0.1, 0.15) is 17.1 Å². The lowest BCUT2D eigenvalue weighted by Crippen LogP contribution is -2.52. The lowest BCUT2D eigenvalue weighted by Gasteiger charge is -2.46. The van der Waals surface area contributed by atoms with Crippen LogP contribution >= 0.6 is 23.2 Å². The van der Waals surface area contributed by atoms with E-state index >= 15 is 4.39 Å². The molecule has 2 aliphatic rings. The minimum Gasteiger partial charge on any atom is -0.497 e. The van der Waals surface area contributed by atoms with Crippen LogP contribution in [0.4, 0.5) is 10.1 Å². The predicted octanol–water partition coefficient (Wildman–Crippen LogP) is 8.62. The first-order valence-corrected chi connectivity index (χ1v) is 15.0. The van der Waals surface area contributed by atoms with Crippen molar-refractivity contribution in [3.63, 3.8) is 0 Å². The smallest absolute Gasteiger partial charge is 0.331 e. The summed E-state index contributed by atoms with van der Waals surface area (Å²) in [5, 5.41) is 4.13. The molecule has 0 unspecified atom stereocenters. The number of halogens is 3. The Bertz CT molecular complexity index is 1460. The van der Waals surface area contributed by atoms with Gasteiger partial charge in [-0.25, -0.2) is 9.18 Å². The molecule has 1 spiro atoms. The second kappa shape index (κ2) is 12.7. The van der Waals surface area contributed by atoms with Crippen molar-refractivity contribution in [2.24, 2.45) is 5.92 Å². The zero-order valence-electron chi connectivity index (χ0n) is 24.1. The standard InChI is InChI=1S/C34H36Cl2FNO4/c1-22(20-42-21-23-7-9-27(40-2)10-8-23)17-24-18-28-29(11-12-30(36)31(28)37)33(24)13-15-34(16-14-33,32(39)41-3)38-26-6-4-5-25(35)19-26/h4-12,18-19,22,38H,13-17,20-21H2,1-3H3/t22-,33?,34?/m1/s1. The van der Waals surface area contributed by atoms with E-state index in [4.69, 9.17) is 37.4 Å². The van der Waals surface area contributed by atoms with Gasteiger partial charge in [-0.05, 0) is 85.5 Å². The van der Waals surface area contributed by atoms with E-state index in [1.165, 1.54) is 7.11 Å². The summed E-state index contributed by atoms with van der Waals surface area (Å²) in [6.45, 7) is 3.21. The first kappa shape index (κ1) is 30.4. The van der Waals surface area contributed by atoms with Gasteiger partial charge in [0.05, 0.1) is 25.8 Å². The van der Waals surface area contributed by atoms with E-state index in [0.717, 1.165) is 34.6 Å². The molecule has 2 aliphatic carbocycles. The number of rotatable bonds is 10. The van der Waals surface area contributed by atoms with E-state index in [1.54, 1.807) is 25.3 Å². The first-order chi connectivity index (χ1) is 20.2. The summed E-state index contributed by atoms with van der Waals surface area (Å²) in [5.74, 6) is 0.289. The maximum Gasteiger partial charge on any atom is 0.331 e. The van der Waals surface area contributed by atoms with E-state index in [2.05, 4.69) is 12.2 Å². The van der Waals surface area contributed by atoms with Crippen molar-refractivity contribution in [2.75, 3.05) is 26.1 Å². The second-order valence-electron chi connectivity index (χ2n) is 11.5. The Morgan fingerprint density at radius 3 is 2.43 bits per heavy atom. The van der Waals surface area contributed by atoms with Crippen molar-refractivity contribution >= 4 is 40.9 Å². The molecular formula is C34H36Cl2FNO4. The van der Waals surface area contributed by atoms with Gasteiger partial charge in [0.2, 0.25) is 0 Å². The monoisotopic (exact) mass is 611 g/mol. The summed E-state index contributed by atoms with van der Waals surface area (Å²) in [4.78, 5) is 13.2. The topological polar surface area (TPSA) is 56.8 Å². The van der Waals surface area contributed by atoms with Crippen LogP contribution < -0.4 is 10.1 Å². The van der Waals surface area contributed by atoms with Crippen LogP contribution in [0.1, 0.15) is 55.7 Å². The van der Waals surface area contributed by atoms with Gasteiger partial charge in [0.25, 0.3) is 0 Å². The molecule has 42 heavy (non-hydrogen) atoms. The van der Waals surface area contributed by atoms with Gasteiger partial charge < -0.3 is 19.5 Å². The van der Waals surface area contributed by atoms with Gasteiger partial charge in [-0.1, -0.05) is 66.0 Å². The Hall–Kier alpha value is -3.06. The number of ether oxygens (including phenoxy) is 3. The van der Waals surface area contributed by atoms with Crippen molar-refractivity contribution in [3.05, 3.63) is 98.8 Å². The largest absolute Gasteiger partial charge is 0.497 e. The fourth-order valence-corrected chi connectivity index (χ4v) is 6.87. The normalized spacial score (nSPS) is 21.9. The predicted molar refractivity (Wildman–Crippen MR) is 166 cm³/mol. The Morgan fingerprint density at radius 1 is 1.02 bits per heavy atom. The molecule has 0 radical (unpaired) electrons. The summed E-state index contributed by atoms with van der Waals surface area (Å²) < 4.78 is 31.9. The number of carbonyl (C=O) groups excluding carboxylic acids is 1. The number of hydrogen-bond donors (Lipinski definition) is 1. The van der Waals surface area contributed by atoms with Crippen LogP contribution in [0, 0.1) is 11.7 Å². The van der Waals surface area contributed by atoms with Crippen molar-refractivity contribution in [2.45, 2.75) is 56.6 Å². The van der Waals surface area contributed by atoms with E-state index in [-0.39, 0.29) is 16.9 Å². The second-order valence-corrected chi connectivity index (χ2v) is 12.3. The molecule has 3 aromatic carbocycles. The fraction of sp³-hybridized carbons (Fsp3) is 0.382. The van der Waals surface area contributed by atoms with Crippen LogP contribution in [0.25, 0.3) is 6.08 Å². The molecule has 0 aliphatic heterocycles. The van der Waals surface area contributed by atoms with Crippen LogP contribution in [0.15, 0.2) is 66.2 Å². The van der Waals surface area contributed by atoms with Gasteiger partial charge in [-0.15, -0.1) is 0 Å². The molecule has 0 saturated heterocycles. The average Bonchev–Trinajstić information content (AvgIpc) is 3.29. The number of esters is 1. The summed E-state index contributed by atoms with van der Waals surface area (Å²) in [5.41, 5.74) is 3.15. The highest BCUT2D eigenvalue weighted by Crippen LogP contribution is 2.56. The number of methoxy groups -OCH3 is 2. The average molecular weight is 613 g/mol. The van der Waals surface area contributed by atoms with Gasteiger partial charge >= 0.3 is 5.97 Å². The van der Waals surface area contributed by atoms with Crippen molar-refractivity contribution in [3.8, 4) is 5.75 Å². The highest BCUT2D eigenvalue weighted by molar-refractivity contribution is 6.31. The molecule has 1 N–H and O–H groups in total. The Morgan fingerprint density at radius 2 is 1.76 bits per heavy atom. The minimum atomic E-state index is -0.920. The van der Waals surface area contributed by atoms with Gasteiger partial charge in [-0.2, -0.15) is 0 Å². The first-order valence-electron chi connectivity index (χ1n) is 14.2. The zero-order valence-corrected chi connectivity index (χ0v) is 25.7. The molecule has 1 fully saturated rings. The van der Waals surface area contributed by atoms with E-state index in [9.17, 15) is 4.79 Å². The molecule has 1 atom stereocenters. The molecular weight excluding hydrogens is 576 g/mol. The van der Waals surface area contributed by atoms with E-state index in [0.29, 0.717) is 49.5 Å². The SMILES string of the molecule is COC(=O)C1(Nc2cccc(Cl)c2)CCC2(CC1)C(C[C@@H](C)COCc1ccc(OC)cc1)=Cc1c2ccc(Cl)c1F. The summed E-state index contributed by atoms with van der Waals surface area (Å²) in [7, 11) is 3.06. The molecule has 5 nitrogen and oxygen atoms in total. The Kier molecular flexibility index (Phi) is 9.17. The molecule has 222 valence electrons. The van der Waals surface area contributed by atoms with Gasteiger partial charge in [-0.3, -0.25) is 0 Å². The van der Waals surface area contributed by atoms with E-state index in [1.807, 2.05) is 48.5 Å². The van der Waals surface area contributed by atoms with Crippen LogP contribution in [-0.2, 0) is 26.3 Å². The molecule has 0 amide bonds. The Labute approximate surface area is 257 Å². The maximum absolute atomic E-state index is 15.3. The van der Waals surface area contributed by atoms with Gasteiger partial charge in [0, 0.05) is 28.3 Å². The maximum atomic E-state index is 15.3. The third kappa shape index (κ3) is 6.03. The molecule has 8 heteroatoms. The summed E-state index contributed by atoms with van der Waals surface area (Å²) in [6.07, 6.45) is 5.03. The van der Waals surface area contributed by atoms with Gasteiger partial charge in [0.15, 0.2) is 0 Å². The number of nitrogens with one attached hydrogen (secondary N) is 1. The minimum absolute atomic E-state index is 0.111. The van der Waals surface area contributed by atoms with Crippen molar-refractivity contribution in [1.29, 1.82) is 0 Å². The lowest BCUT2D eigenvalue weighted by atomic mass is 9.61. The number of hydrogen-bond acceptors (Lipinski definition) is 5. The number of fused-ring (bicyclic) bond motifs is 2. The molecule has 0 aromatic heterocycles. The van der Waals surface area contributed by atoms with Crippen LogP contribution in [-0.4, -0.2) is 32.3 Å².